The van der Waals surface area contributed by atoms with Crippen molar-refractivity contribution in [1.82, 2.24) is 20.0 Å². The van der Waals surface area contributed by atoms with Crippen LogP contribution in [0.5, 0.6) is 0 Å². The minimum atomic E-state index is -0.136. The van der Waals surface area contributed by atoms with Crippen LogP contribution in [0.4, 0.5) is 0 Å². The zero-order valence-electron chi connectivity index (χ0n) is 15.8. The number of nitrogens with zero attached hydrogens (tertiary/aromatic N) is 3. The van der Waals surface area contributed by atoms with E-state index in [1.807, 2.05) is 9.80 Å². The Morgan fingerprint density at radius 3 is 2.58 bits per heavy atom. The smallest absolute Gasteiger partial charge is 0.227 e. The van der Waals surface area contributed by atoms with Gasteiger partial charge in [0, 0.05) is 58.8 Å². The molecular formula is C19H32N4O3. The molecule has 146 valence electrons. The van der Waals surface area contributed by atoms with Crippen LogP contribution in [-0.2, 0) is 14.3 Å². The maximum atomic E-state index is 12.9. The summed E-state index contributed by atoms with van der Waals surface area (Å²) >= 11 is 0. The number of ether oxygens (including phenoxy) is 1. The fourth-order valence-corrected chi connectivity index (χ4v) is 4.92. The molecule has 4 heterocycles. The molecule has 1 spiro atoms. The maximum absolute atomic E-state index is 12.9. The minimum absolute atomic E-state index is 0.136. The van der Waals surface area contributed by atoms with Gasteiger partial charge in [-0.15, -0.1) is 0 Å². The summed E-state index contributed by atoms with van der Waals surface area (Å²) in [6.07, 6.45) is 3.84. The molecule has 0 aromatic rings. The molecule has 26 heavy (non-hydrogen) atoms. The van der Waals surface area contributed by atoms with Crippen molar-refractivity contribution < 1.29 is 14.3 Å². The lowest BCUT2D eigenvalue weighted by Gasteiger charge is -2.39. The van der Waals surface area contributed by atoms with Gasteiger partial charge in [0.2, 0.25) is 11.8 Å². The van der Waals surface area contributed by atoms with E-state index in [9.17, 15) is 9.59 Å². The summed E-state index contributed by atoms with van der Waals surface area (Å²) in [6.45, 7) is 9.59. The molecule has 4 aliphatic heterocycles. The molecule has 4 fully saturated rings. The van der Waals surface area contributed by atoms with Gasteiger partial charge >= 0.3 is 0 Å². The van der Waals surface area contributed by atoms with Crippen molar-refractivity contribution in [2.24, 2.45) is 11.3 Å². The largest absolute Gasteiger partial charge is 0.379 e. The van der Waals surface area contributed by atoms with Crippen LogP contribution in [0.2, 0.25) is 0 Å². The summed E-state index contributed by atoms with van der Waals surface area (Å²) in [5.41, 5.74) is 0.423. The van der Waals surface area contributed by atoms with E-state index >= 15 is 0 Å². The van der Waals surface area contributed by atoms with Crippen LogP contribution in [0.3, 0.4) is 0 Å². The predicted molar refractivity (Wildman–Crippen MR) is 97.7 cm³/mol. The fourth-order valence-electron chi connectivity index (χ4n) is 4.92. The molecule has 1 unspecified atom stereocenters. The second kappa shape index (κ2) is 7.82. The normalized spacial score (nSPS) is 29.7. The first-order valence-electron chi connectivity index (χ1n) is 10.2. The van der Waals surface area contributed by atoms with E-state index in [-0.39, 0.29) is 17.7 Å². The molecule has 4 rings (SSSR count). The van der Waals surface area contributed by atoms with E-state index in [0.29, 0.717) is 18.4 Å². The van der Waals surface area contributed by atoms with Gasteiger partial charge in [0.25, 0.3) is 0 Å². The number of likely N-dealkylation sites (tertiary alicyclic amines) is 2. The van der Waals surface area contributed by atoms with Crippen LogP contribution in [0, 0.1) is 11.3 Å². The number of rotatable bonds is 4. The lowest BCUT2D eigenvalue weighted by atomic mass is 9.77. The van der Waals surface area contributed by atoms with Gasteiger partial charge in [-0.3, -0.25) is 14.5 Å². The molecule has 0 aromatic heterocycles. The van der Waals surface area contributed by atoms with Gasteiger partial charge in [-0.25, -0.2) is 0 Å². The summed E-state index contributed by atoms with van der Waals surface area (Å²) in [6, 6.07) is 0. The quantitative estimate of drug-likeness (QED) is 0.747. The van der Waals surface area contributed by atoms with E-state index in [1.54, 1.807) is 0 Å². The molecule has 2 amide bonds. The predicted octanol–water partition coefficient (Wildman–Crippen LogP) is -0.231. The number of morpholine rings is 1. The van der Waals surface area contributed by atoms with Crippen LogP contribution < -0.4 is 5.32 Å². The number of hydrogen-bond acceptors (Lipinski definition) is 5. The molecule has 1 atom stereocenters. The van der Waals surface area contributed by atoms with Crippen molar-refractivity contribution in [3.8, 4) is 0 Å². The second-order valence-corrected chi connectivity index (χ2v) is 8.45. The van der Waals surface area contributed by atoms with Crippen molar-refractivity contribution >= 4 is 11.8 Å². The Morgan fingerprint density at radius 2 is 1.88 bits per heavy atom. The fraction of sp³-hybridized carbons (Fsp3) is 0.895. The zero-order valence-corrected chi connectivity index (χ0v) is 15.8. The highest BCUT2D eigenvalue weighted by Gasteiger charge is 2.41. The number of carbonyl (C=O) groups excluding carboxylic acids is 2. The van der Waals surface area contributed by atoms with E-state index in [4.69, 9.17) is 4.74 Å². The Morgan fingerprint density at radius 1 is 1.12 bits per heavy atom. The summed E-state index contributed by atoms with van der Waals surface area (Å²) in [5, 5.41) is 3.47. The van der Waals surface area contributed by atoms with Gasteiger partial charge in [-0.1, -0.05) is 0 Å². The summed E-state index contributed by atoms with van der Waals surface area (Å²) in [7, 11) is 0. The van der Waals surface area contributed by atoms with Gasteiger partial charge in [0.05, 0.1) is 19.1 Å². The Labute approximate surface area is 156 Å². The molecule has 0 radical (unpaired) electrons. The van der Waals surface area contributed by atoms with Gasteiger partial charge in [-0.2, -0.15) is 0 Å². The zero-order chi connectivity index (χ0) is 18.0. The number of hydrogen-bond donors (Lipinski definition) is 1. The maximum Gasteiger partial charge on any atom is 0.227 e. The van der Waals surface area contributed by atoms with Crippen molar-refractivity contribution in [3.63, 3.8) is 0 Å². The van der Waals surface area contributed by atoms with Crippen LogP contribution in [0.1, 0.15) is 25.7 Å². The molecule has 7 nitrogen and oxygen atoms in total. The summed E-state index contributed by atoms with van der Waals surface area (Å²) < 4.78 is 5.37. The number of piperidine rings is 1. The minimum Gasteiger partial charge on any atom is -0.379 e. The van der Waals surface area contributed by atoms with E-state index in [0.717, 1.165) is 78.4 Å². The van der Waals surface area contributed by atoms with E-state index < -0.39 is 0 Å². The van der Waals surface area contributed by atoms with Crippen molar-refractivity contribution in [1.29, 1.82) is 0 Å². The third kappa shape index (κ3) is 3.89. The highest BCUT2D eigenvalue weighted by atomic mass is 16.5. The van der Waals surface area contributed by atoms with Gasteiger partial charge < -0.3 is 19.9 Å². The van der Waals surface area contributed by atoms with Gasteiger partial charge in [0.15, 0.2) is 0 Å². The number of nitrogens with one attached hydrogen (secondary N) is 1. The Kier molecular flexibility index (Phi) is 5.47. The Hall–Kier alpha value is -1.18. The molecule has 0 saturated carbocycles. The first kappa shape index (κ1) is 18.2. The van der Waals surface area contributed by atoms with Crippen LogP contribution in [-0.4, -0.2) is 98.6 Å². The van der Waals surface area contributed by atoms with Gasteiger partial charge in [-0.05, 0) is 31.2 Å². The van der Waals surface area contributed by atoms with Crippen molar-refractivity contribution in [2.75, 3.05) is 72.1 Å². The molecule has 4 saturated heterocycles. The van der Waals surface area contributed by atoms with Crippen LogP contribution in [0.25, 0.3) is 0 Å². The molecule has 0 bridgehead atoms. The molecule has 0 aliphatic carbocycles. The average molecular weight is 364 g/mol. The number of carbonyl (C=O) groups is 2. The highest BCUT2D eigenvalue weighted by Crippen LogP contribution is 2.37. The van der Waals surface area contributed by atoms with Crippen LogP contribution >= 0.6 is 0 Å². The molecule has 7 heteroatoms. The lowest BCUT2D eigenvalue weighted by Crippen LogP contribution is -2.46. The SMILES string of the molecule is O=C1CC(C(=O)N2CCC3(CCNC3)CC2)CN1CCN1CCOCC1. The monoisotopic (exact) mass is 364 g/mol. The molecule has 4 aliphatic rings. The second-order valence-electron chi connectivity index (χ2n) is 8.45. The first-order valence-corrected chi connectivity index (χ1v) is 10.2. The summed E-state index contributed by atoms with van der Waals surface area (Å²) in [5.74, 6) is 0.209. The van der Waals surface area contributed by atoms with Crippen molar-refractivity contribution in [2.45, 2.75) is 25.7 Å². The Balaban J connectivity index is 1.24. The van der Waals surface area contributed by atoms with E-state index in [2.05, 4.69) is 10.2 Å². The topological polar surface area (TPSA) is 65.1 Å². The van der Waals surface area contributed by atoms with Gasteiger partial charge in [0.1, 0.15) is 0 Å². The lowest BCUT2D eigenvalue weighted by molar-refractivity contribution is -0.138. The standard InChI is InChI=1S/C19H32N4O3/c24-17-13-16(14-23(17)8-7-21-9-11-26-12-10-21)18(25)22-5-2-19(3-6-22)1-4-20-15-19/h16,20H,1-15H2. The first-order chi connectivity index (χ1) is 12.7. The third-order valence-corrected chi connectivity index (χ3v) is 6.82. The van der Waals surface area contributed by atoms with Crippen LogP contribution in [0.15, 0.2) is 0 Å². The highest BCUT2D eigenvalue weighted by molar-refractivity contribution is 5.89. The van der Waals surface area contributed by atoms with E-state index in [1.165, 1.54) is 6.42 Å². The Bertz CT molecular complexity index is 519. The molecule has 0 aromatic carbocycles. The average Bonchev–Trinajstić information content (AvgIpc) is 3.28. The number of amides is 2. The summed E-state index contributed by atoms with van der Waals surface area (Å²) in [4.78, 5) is 31.5. The third-order valence-electron chi connectivity index (χ3n) is 6.82. The van der Waals surface area contributed by atoms with Crippen molar-refractivity contribution in [3.05, 3.63) is 0 Å². The molecular weight excluding hydrogens is 332 g/mol. The molecule has 1 N–H and O–H groups in total.